The highest BCUT2D eigenvalue weighted by Gasteiger charge is 2.55. The minimum atomic E-state index is -3.30. The number of urea groups is 1. The Bertz CT molecular complexity index is 552. The topological polar surface area (TPSA) is 78.0 Å². The van der Waals surface area contributed by atoms with Gasteiger partial charge < -0.3 is 4.90 Å². The van der Waals surface area contributed by atoms with E-state index in [0.29, 0.717) is 12.8 Å². The molecule has 0 bridgehead atoms. The maximum absolute atomic E-state index is 12.7. The smallest absolute Gasteiger partial charge is 0.313 e. The lowest BCUT2D eigenvalue weighted by molar-refractivity contribution is -0.134. The Balaban J connectivity index is 2.03. The van der Waals surface area contributed by atoms with Crippen LogP contribution in [0.1, 0.15) is 38.5 Å². The van der Waals surface area contributed by atoms with Crippen LogP contribution in [0.15, 0.2) is 0 Å². The molecule has 22 heavy (non-hydrogen) atoms. The van der Waals surface area contributed by atoms with Crippen molar-refractivity contribution in [3.8, 4) is 0 Å². The van der Waals surface area contributed by atoms with Gasteiger partial charge in [0.05, 0.1) is 5.75 Å². The third-order valence-corrected chi connectivity index (χ3v) is 6.74. The standard InChI is InChI=1S/C14H25N3O4S/c1-15(2)22(20,21)11-7-10-17-12(18)14(16(3)13(17)19)8-5-4-6-9-14/h4-11H2,1-3H3. The van der Waals surface area contributed by atoms with Gasteiger partial charge in [-0.25, -0.2) is 17.5 Å². The molecule has 0 unspecified atom stereocenters. The van der Waals surface area contributed by atoms with Gasteiger partial charge in [-0.3, -0.25) is 9.69 Å². The van der Waals surface area contributed by atoms with Crippen molar-refractivity contribution in [1.82, 2.24) is 14.1 Å². The first kappa shape index (κ1) is 17.2. The predicted molar refractivity (Wildman–Crippen MR) is 82.8 cm³/mol. The van der Waals surface area contributed by atoms with Gasteiger partial charge in [0.25, 0.3) is 5.91 Å². The van der Waals surface area contributed by atoms with E-state index in [9.17, 15) is 18.0 Å². The number of amides is 3. The lowest BCUT2D eigenvalue weighted by atomic mass is 9.81. The number of imide groups is 1. The second kappa shape index (κ2) is 6.16. The van der Waals surface area contributed by atoms with Gasteiger partial charge in [-0.2, -0.15) is 0 Å². The highest BCUT2D eigenvalue weighted by atomic mass is 32.2. The number of carbonyl (C=O) groups is 2. The zero-order chi connectivity index (χ0) is 16.5. The van der Waals surface area contributed by atoms with Crippen LogP contribution < -0.4 is 0 Å². The largest absolute Gasteiger partial charge is 0.327 e. The molecule has 3 amide bonds. The fourth-order valence-electron chi connectivity index (χ4n) is 3.32. The van der Waals surface area contributed by atoms with Crippen LogP contribution in [-0.4, -0.2) is 73.4 Å². The Morgan fingerprint density at radius 1 is 1.14 bits per heavy atom. The van der Waals surface area contributed by atoms with E-state index in [1.807, 2.05) is 0 Å². The highest BCUT2D eigenvalue weighted by molar-refractivity contribution is 7.89. The van der Waals surface area contributed by atoms with Crippen molar-refractivity contribution >= 4 is 22.0 Å². The van der Waals surface area contributed by atoms with E-state index in [2.05, 4.69) is 0 Å². The fraction of sp³-hybridized carbons (Fsp3) is 0.857. The molecule has 2 aliphatic rings. The Labute approximate surface area is 132 Å². The Morgan fingerprint density at radius 2 is 1.73 bits per heavy atom. The molecule has 1 heterocycles. The summed E-state index contributed by atoms with van der Waals surface area (Å²) in [6.07, 6.45) is 4.68. The average molecular weight is 331 g/mol. The second-order valence-corrected chi connectivity index (χ2v) is 8.64. The summed E-state index contributed by atoms with van der Waals surface area (Å²) in [6.45, 7) is 0.164. The third-order valence-electron chi connectivity index (χ3n) is 4.82. The summed E-state index contributed by atoms with van der Waals surface area (Å²) < 4.78 is 24.7. The summed E-state index contributed by atoms with van der Waals surface area (Å²) in [7, 11) is 1.34. The van der Waals surface area contributed by atoms with Gasteiger partial charge in [0.2, 0.25) is 10.0 Å². The molecular weight excluding hydrogens is 306 g/mol. The molecule has 1 saturated carbocycles. The van der Waals surface area contributed by atoms with Crippen molar-refractivity contribution in [3.63, 3.8) is 0 Å². The van der Waals surface area contributed by atoms with Crippen LogP contribution in [0, 0.1) is 0 Å². The van der Waals surface area contributed by atoms with Gasteiger partial charge in [-0.05, 0) is 19.3 Å². The average Bonchev–Trinajstić information content (AvgIpc) is 2.64. The van der Waals surface area contributed by atoms with Crippen LogP contribution in [0.3, 0.4) is 0 Å². The van der Waals surface area contributed by atoms with E-state index in [-0.39, 0.29) is 30.7 Å². The van der Waals surface area contributed by atoms with Gasteiger partial charge >= 0.3 is 6.03 Å². The van der Waals surface area contributed by atoms with Gasteiger partial charge in [0, 0.05) is 27.7 Å². The highest BCUT2D eigenvalue weighted by Crippen LogP contribution is 2.39. The Morgan fingerprint density at radius 3 is 2.27 bits per heavy atom. The summed E-state index contributed by atoms with van der Waals surface area (Å²) in [6, 6.07) is -0.297. The van der Waals surface area contributed by atoms with Crippen molar-refractivity contribution in [2.24, 2.45) is 0 Å². The van der Waals surface area contributed by atoms with Gasteiger partial charge in [-0.15, -0.1) is 0 Å². The van der Waals surface area contributed by atoms with Crippen LogP contribution in [0.25, 0.3) is 0 Å². The number of nitrogens with zero attached hydrogens (tertiary/aromatic N) is 3. The van der Waals surface area contributed by atoms with E-state index in [4.69, 9.17) is 0 Å². The molecule has 8 heteroatoms. The monoisotopic (exact) mass is 331 g/mol. The van der Waals surface area contributed by atoms with Crippen LogP contribution in [-0.2, 0) is 14.8 Å². The molecule has 1 saturated heterocycles. The van der Waals surface area contributed by atoms with Crippen LogP contribution in [0.4, 0.5) is 4.79 Å². The molecule has 1 aliphatic heterocycles. The fourth-order valence-corrected chi connectivity index (χ4v) is 4.18. The lowest BCUT2D eigenvalue weighted by Crippen LogP contribution is -2.49. The molecule has 126 valence electrons. The molecule has 2 fully saturated rings. The maximum atomic E-state index is 12.7. The van der Waals surface area contributed by atoms with Crippen LogP contribution >= 0.6 is 0 Å². The molecule has 0 atom stereocenters. The third kappa shape index (κ3) is 2.86. The van der Waals surface area contributed by atoms with Gasteiger partial charge in [0.1, 0.15) is 5.54 Å². The molecule has 0 aromatic rings. The van der Waals surface area contributed by atoms with Crippen molar-refractivity contribution in [2.75, 3.05) is 33.4 Å². The van der Waals surface area contributed by atoms with Crippen LogP contribution in [0.2, 0.25) is 0 Å². The van der Waals surface area contributed by atoms with E-state index in [1.54, 1.807) is 11.9 Å². The van der Waals surface area contributed by atoms with E-state index < -0.39 is 15.6 Å². The van der Waals surface area contributed by atoms with E-state index >= 15 is 0 Å². The molecule has 0 radical (unpaired) electrons. The normalized spacial score (nSPS) is 22.2. The first-order chi connectivity index (χ1) is 10.2. The summed E-state index contributed by atoms with van der Waals surface area (Å²) in [5.74, 6) is -0.213. The molecule has 1 aliphatic carbocycles. The minimum absolute atomic E-state index is 0.0617. The predicted octanol–water partition coefficient (Wildman–Crippen LogP) is 0.865. The second-order valence-electron chi connectivity index (χ2n) is 6.34. The molecule has 0 aromatic carbocycles. The van der Waals surface area contributed by atoms with Gasteiger partial charge in [-0.1, -0.05) is 19.3 Å². The molecule has 0 aromatic heterocycles. The first-order valence-corrected chi connectivity index (χ1v) is 9.33. The zero-order valence-corrected chi connectivity index (χ0v) is 14.4. The van der Waals surface area contributed by atoms with Crippen molar-refractivity contribution in [3.05, 3.63) is 0 Å². The van der Waals surface area contributed by atoms with Crippen molar-refractivity contribution in [2.45, 2.75) is 44.1 Å². The Kier molecular flexibility index (Phi) is 4.81. The van der Waals surface area contributed by atoms with Crippen molar-refractivity contribution < 1.29 is 18.0 Å². The summed E-state index contributed by atoms with van der Waals surface area (Å²) in [5.41, 5.74) is -0.685. The summed E-state index contributed by atoms with van der Waals surface area (Å²) in [5, 5.41) is 0. The maximum Gasteiger partial charge on any atom is 0.327 e. The minimum Gasteiger partial charge on any atom is -0.313 e. The molecule has 7 nitrogen and oxygen atoms in total. The van der Waals surface area contributed by atoms with Crippen LogP contribution in [0.5, 0.6) is 0 Å². The van der Waals surface area contributed by atoms with Crippen molar-refractivity contribution in [1.29, 1.82) is 0 Å². The van der Waals surface area contributed by atoms with Gasteiger partial charge in [0.15, 0.2) is 0 Å². The zero-order valence-electron chi connectivity index (χ0n) is 13.5. The number of sulfonamides is 1. The molecule has 2 rings (SSSR count). The van der Waals surface area contributed by atoms with E-state index in [1.165, 1.54) is 19.0 Å². The molecular formula is C14H25N3O4S. The number of hydrogen-bond donors (Lipinski definition) is 0. The van der Waals surface area contributed by atoms with E-state index in [0.717, 1.165) is 23.6 Å². The Hall–Kier alpha value is -1.15. The first-order valence-electron chi connectivity index (χ1n) is 7.72. The number of likely N-dealkylation sites (N-methyl/N-ethyl adjacent to an activating group) is 1. The quantitative estimate of drug-likeness (QED) is 0.700. The summed E-state index contributed by atoms with van der Waals surface area (Å²) in [4.78, 5) is 27.8. The summed E-state index contributed by atoms with van der Waals surface area (Å²) >= 11 is 0. The SMILES string of the molecule is CN1C(=O)N(CCCS(=O)(=O)N(C)C)C(=O)C12CCCCC2. The number of hydrogen-bond acceptors (Lipinski definition) is 4. The molecule has 1 spiro atoms. The molecule has 0 N–H and O–H groups in total. The number of carbonyl (C=O) groups excluding carboxylic acids is 2. The number of rotatable bonds is 5. The lowest BCUT2D eigenvalue weighted by Gasteiger charge is -2.35.